The Morgan fingerprint density at radius 3 is 1.97 bits per heavy atom. The van der Waals surface area contributed by atoms with Gasteiger partial charge in [0.05, 0.1) is 68.3 Å². The normalized spacial score (nSPS) is 10.7. The van der Waals surface area contributed by atoms with E-state index in [0.717, 1.165) is 80.2 Å². The highest BCUT2D eigenvalue weighted by Gasteiger charge is 2.11. The minimum Gasteiger partial charge on any atom is -0.478 e. The van der Waals surface area contributed by atoms with E-state index in [2.05, 4.69) is 49.1 Å². The van der Waals surface area contributed by atoms with Crippen molar-refractivity contribution >= 4 is 53.2 Å². The zero-order chi connectivity index (χ0) is 46.1. The molecule has 0 aliphatic rings. The van der Waals surface area contributed by atoms with Crippen molar-refractivity contribution in [2.45, 2.75) is 74.0 Å². The van der Waals surface area contributed by atoms with Gasteiger partial charge in [0.15, 0.2) is 0 Å². The van der Waals surface area contributed by atoms with E-state index in [1.807, 2.05) is 54.9 Å². The van der Waals surface area contributed by atoms with Gasteiger partial charge in [0.2, 0.25) is 11.8 Å². The molecule has 0 bridgehead atoms. The molecule has 3 aromatic heterocycles. The number of rotatable bonds is 29. The van der Waals surface area contributed by atoms with Crippen LogP contribution in [0.25, 0.3) is 0 Å². The van der Waals surface area contributed by atoms with Gasteiger partial charge in [0.1, 0.15) is 6.54 Å². The highest BCUT2D eigenvalue weighted by molar-refractivity contribution is 8.03. The lowest BCUT2D eigenvalue weighted by Gasteiger charge is -2.21. The van der Waals surface area contributed by atoms with Gasteiger partial charge in [0.25, 0.3) is 0 Å². The molecule has 0 unspecified atom stereocenters. The SMILES string of the molecule is CCOC(=O)CNC(=O)CNC(=O)CCCN(CCN)CCn1nc(C)cc1C.CCOC(=O)CSCCSCCn1nc(C)cc1C.NCCNCCn1cc(C(=O)O)cn1. The summed E-state index contributed by atoms with van der Waals surface area (Å²) < 4.78 is 15.2. The van der Waals surface area contributed by atoms with Crippen LogP contribution in [-0.4, -0.2) is 164 Å². The monoisotopic (exact) mass is 910 g/mol. The van der Waals surface area contributed by atoms with E-state index in [9.17, 15) is 24.0 Å². The molecule has 350 valence electrons. The molecule has 0 radical (unpaired) electrons. The smallest absolute Gasteiger partial charge is 0.338 e. The minimum absolute atomic E-state index is 0.111. The third-order valence-corrected chi connectivity index (χ3v) is 10.6. The van der Waals surface area contributed by atoms with Crippen molar-refractivity contribution in [3.05, 3.63) is 52.9 Å². The predicted molar refractivity (Wildman–Crippen MR) is 243 cm³/mol. The molecule has 0 aliphatic heterocycles. The molecule has 20 nitrogen and oxygen atoms in total. The number of carbonyl (C=O) groups excluding carboxylic acids is 4. The van der Waals surface area contributed by atoms with Crippen LogP contribution in [0.1, 0.15) is 59.8 Å². The van der Waals surface area contributed by atoms with Gasteiger partial charge >= 0.3 is 17.9 Å². The number of thioether (sulfide) groups is 2. The molecular formula is C40H70N12O8S2. The van der Waals surface area contributed by atoms with Crippen LogP contribution in [0.2, 0.25) is 0 Å². The first kappa shape index (κ1) is 55.5. The van der Waals surface area contributed by atoms with Gasteiger partial charge in [-0.15, -0.1) is 11.8 Å². The average molecular weight is 911 g/mol. The lowest BCUT2D eigenvalue weighted by atomic mass is 10.2. The minimum atomic E-state index is -0.953. The number of carboxylic acid groups (broad SMARTS) is 1. The number of nitrogens with one attached hydrogen (secondary N) is 3. The van der Waals surface area contributed by atoms with Crippen molar-refractivity contribution in [1.29, 1.82) is 0 Å². The van der Waals surface area contributed by atoms with Crippen LogP contribution in [0.15, 0.2) is 24.5 Å². The molecule has 22 heteroatoms. The maximum atomic E-state index is 11.9. The number of amides is 2. The van der Waals surface area contributed by atoms with Crippen molar-refractivity contribution in [3.8, 4) is 0 Å². The number of hydrogen-bond donors (Lipinski definition) is 6. The standard InChI is InChI=1S/C19H34N6O4.C13H22N2O2S2.C8H14N4O2/c1-4-29-19(28)14-22-18(27)13-21-17(26)6-5-8-24(9-7-20)10-11-25-16(3)12-15(2)23-25;1-4-17-13(16)10-19-8-7-18-6-5-15-12(3)9-11(2)14-15;9-1-2-10-3-4-12-6-7(5-11-12)8(13)14/h12H,4-11,13-14,20H2,1-3H3,(H,21,26)(H,22,27);9H,4-8,10H2,1-3H3;5-6,10H,1-4,9H2,(H,13,14). The second kappa shape index (κ2) is 34.1. The molecule has 0 aliphatic carbocycles. The third-order valence-electron chi connectivity index (χ3n) is 8.40. The summed E-state index contributed by atoms with van der Waals surface area (Å²) in [5.74, 6) is 1.36. The molecule has 0 atom stereocenters. The van der Waals surface area contributed by atoms with Gasteiger partial charge < -0.3 is 46.9 Å². The summed E-state index contributed by atoms with van der Waals surface area (Å²) in [7, 11) is 0. The number of nitrogens with two attached hydrogens (primary N) is 2. The molecule has 0 fully saturated rings. The van der Waals surface area contributed by atoms with Crippen molar-refractivity contribution in [1.82, 2.24) is 50.2 Å². The first-order valence-corrected chi connectivity index (χ1v) is 23.1. The molecule has 0 spiro atoms. The molecule has 3 aromatic rings. The van der Waals surface area contributed by atoms with Crippen LogP contribution < -0.4 is 27.4 Å². The summed E-state index contributed by atoms with van der Waals surface area (Å²) in [6.07, 6.45) is 3.82. The largest absolute Gasteiger partial charge is 0.478 e. The van der Waals surface area contributed by atoms with Crippen LogP contribution in [-0.2, 0) is 48.3 Å². The fourth-order valence-corrected chi connectivity index (χ4v) is 7.32. The van der Waals surface area contributed by atoms with Gasteiger partial charge in [-0.3, -0.25) is 33.2 Å². The van der Waals surface area contributed by atoms with E-state index >= 15 is 0 Å². The van der Waals surface area contributed by atoms with E-state index < -0.39 is 17.8 Å². The average Bonchev–Trinajstić information content (AvgIpc) is 3.94. The fraction of sp³-hybridized carbons (Fsp3) is 0.650. The summed E-state index contributed by atoms with van der Waals surface area (Å²) in [5, 5.41) is 29.4. The van der Waals surface area contributed by atoms with E-state index in [-0.39, 0.29) is 37.1 Å². The fourth-order valence-electron chi connectivity index (χ4n) is 5.48. The van der Waals surface area contributed by atoms with Crippen molar-refractivity contribution < 1.29 is 38.6 Å². The molecule has 3 heterocycles. The van der Waals surface area contributed by atoms with E-state index in [1.165, 1.54) is 18.1 Å². The summed E-state index contributed by atoms with van der Waals surface area (Å²) in [6.45, 7) is 19.3. The molecule has 3 rings (SSSR count). The van der Waals surface area contributed by atoms with Crippen molar-refractivity contribution in [2.75, 3.05) is 95.1 Å². The summed E-state index contributed by atoms with van der Waals surface area (Å²) in [5.41, 5.74) is 15.6. The van der Waals surface area contributed by atoms with Gasteiger partial charge in [-0.1, -0.05) is 0 Å². The lowest BCUT2D eigenvalue weighted by Crippen LogP contribution is -2.39. The second-order valence-corrected chi connectivity index (χ2v) is 16.0. The quantitative estimate of drug-likeness (QED) is 0.0419. The topological polar surface area (TPSA) is 269 Å². The number of hydrogen-bond acceptors (Lipinski definition) is 16. The van der Waals surface area contributed by atoms with Crippen LogP contribution in [0.3, 0.4) is 0 Å². The first-order valence-electron chi connectivity index (χ1n) is 20.8. The van der Waals surface area contributed by atoms with Gasteiger partial charge in [-0.2, -0.15) is 27.1 Å². The van der Waals surface area contributed by atoms with Crippen molar-refractivity contribution in [2.24, 2.45) is 11.5 Å². The maximum Gasteiger partial charge on any atom is 0.338 e. The molecule has 0 saturated heterocycles. The number of esters is 2. The van der Waals surface area contributed by atoms with Gasteiger partial charge in [0, 0.05) is 80.5 Å². The first-order chi connectivity index (χ1) is 29.7. The Morgan fingerprint density at radius 2 is 1.39 bits per heavy atom. The van der Waals surface area contributed by atoms with Gasteiger partial charge in [-0.25, -0.2) is 4.79 Å². The van der Waals surface area contributed by atoms with Gasteiger partial charge in [-0.05, 0) is 66.6 Å². The zero-order valence-corrected chi connectivity index (χ0v) is 39.0. The number of aromatic nitrogens is 6. The van der Waals surface area contributed by atoms with Crippen LogP contribution >= 0.6 is 23.5 Å². The summed E-state index contributed by atoms with van der Waals surface area (Å²) in [4.78, 5) is 58.5. The summed E-state index contributed by atoms with van der Waals surface area (Å²) >= 11 is 3.53. The van der Waals surface area contributed by atoms with Crippen LogP contribution in [0.5, 0.6) is 0 Å². The highest BCUT2D eigenvalue weighted by atomic mass is 32.2. The predicted octanol–water partition coefficient (Wildman–Crippen LogP) is 0.995. The Bertz CT molecular complexity index is 1740. The third kappa shape index (κ3) is 26.8. The molecular weight excluding hydrogens is 841 g/mol. The van der Waals surface area contributed by atoms with Crippen LogP contribution in [0, 0.1) is 27.7 Å². The Morgan fingerprint density at radius 1 is 0.758 bits per heavy atom. The Kier molecular flexibility index (Phi) is 30.5. The molecule has 8 N–H and O–H groups in total. The second-order valence-electron chi connectivity index (χ2n) is 13.7. The van der Waals surface area contributed by atoms with Crippen molar-refractivity contribution in [3.63, 3.8) is 0 Å². The number of aryl methyl sites for hydroxylation is 5. The Hall–Kier alpha value is -4.48. The number of carboxylic acids is 1. The Labute approximate surface area is 374 Å². The Balaban J connectivity index is 0.000000500. The molecule has 0 aromatic carbocycles. The van der Waals surface area contributed by atoms with Crippen LogP contribution in [0.4, 0.5) is 0 Å². The molecule has 0 saturated carbocycles. The molecule has 2 amide bonds. The number of nitrogens with zero attached hydrogens (tertiary/aromatic N) is 7. The summed E-state index contributed by atoms with van der Waals surface area (Å²) in [6, 6.07) is 4.14. The van der Waals surface area contributed by atoms with E-state index in [4.69, 9.17) is 26.0 Å². The number of carbonyl (C=O) groups is 5. The number of aromatic carboxylic acids is 1. The molecule has 62 heavy (non-hydrogen) atoms. The van der Waals surface area contributed by atoms with E-state index in [1.54, 1.807) is 23.4 Å². The zero-order valence-electron chi connectivity index (χ0n) is 37.4. The number of ether oxygens (including phenoxy) is 2. The van der Waals surface area contributed by atoms with E-state index in [0.29, 0.717) is 44.8 Å². The lowest BCUT2D eigenvalue weighted by molar-refractivity contribution is -0.143. The maximum absolute atomic E-state index is 11.9. The highest BCUT2D eigenvalue weighted by Crippen LogP contribution is 2.10.